The zero-order chi connectivity index (χ0) is 15.7. The normalized spacial score (nSPS) is 54.3. The maximum absolute atomic E-state index is 12.4. The predicted octanol–water partition coefficient (Wildman–Crippen LogP) is 2.85. The molecule has 22 heavy (non-hydrogen) atoms. The molecule has 0 aromatic carbocycles. The zero-order valence-corrected chi connectivity index (χ0v) is 13.7. The van der Waals surface area contributed by atoms with Crippen LogP contribution in [0.2, 0.25) is 0 Å². The van der Waals surface area contributed by atoms with Gasteiger partial charge in [-0.05, 0) is 68.1 Å². The summed E-state index contributed by atoms with van der Waals surface area (Å²) in [5, 5.41) is 20.1. The van der Waals surface area contributed by atoms with E-state index in [0.717, 1.165) is 38.5 Å². The summed E-state index contributed by atoms with van der Waals surface area (Å²) in [6.07, 6.45) is 8.00. The molecule has 0 saturated heterocycles. The van der Waals surface area contributed by atoms with Crippen LogP contribution in [0.5, 0.6) is 0 Å². The Morgan fingerprint density at radius 1 is 1.09 bits per heavy atom. The molecule has 2 unspecified atom stereocenters. The molecule has 122 valence electrons. The van der Waals surface area contributed by atoms with E-state index in [9.17, 15) is 15.0 Å². The molecule has 0 spiro atoms. The number of rotatable bonds is 0. The highest BCUT2D eigenvalue weighted by atomic mass is 16.3. The van der Waals surface area contributed by atoms with Gasteiger partial charge in [0.1, 0.15) is 6.10 Å². The van der Waals surface area contributed by atoms with Crippen LogP contribution in [0.4, 0.5) is 0 Å². The molecule has 0 amide bonds. The number of ketones is 1. The number of Topliss-reactive ketones (excluding diaryl/α,β-unsaturated/α-hetero) is 1. The molecule has 4 aliphatic carbocycles. The largest absolute Gasteiger partial charge is 0.393 e. The predicted molar refractivity (Wildman–Crippen MR) is 84.1 cm³/mol. The number of aliphatic hydroxyl groups is 2. The lowest BCUT2D eigenvalue weighted by Crippen LogP contribution is -2.50. The van der Waals surface area contributed by atoms with Gasteiger partial charge < -0.3 is 10.2 Å². The fourth-order valence-corrected chi connectivity index (χ4v) is 6.43. The van der Waals surface area contributed by atoms with Crippen LogP contribution in [0.15, 0.2) is 11.6 Å². The zero-order valence-electron chi connectivity index (χ0n) is 13.7. The lowest BCUT2D eigenvalue weighted by Gasteiger charge is -2.56. The van der Waals surface area contributed by atoms with Crippen molar-refractivity contribution >= 4 is 5.78 Å². The molecule has 0 aliphatic heterocycles. The highest BCUT2D eigenvalue weighted by molar-refractivity contribution is 5.91. The van der Waals surface area contributed by atoms with E-state index < -0.39 is 6.10 Å². The van der Waals surface area contributed by atoms with Gasteiger partial charge in [-0.1, -0.05) is 25.5 Å². The Labute approximate surface area is 132 Å². The van der Waals surface area contributed by atoms with Crippen molar-refractivity contribution in [2.75, 3.05) is 0 Å². The molecule has 3 fully saturated rings. The lowest BCUT2D eigenvalue weighted by molar-refractivity contribution is -0.136. The Morgan fingerprint density at radius 2 is 1.82 bits per heavy atom. The number of aliphatic hydroxyl groups excluding tert-OH is 2. The Balaban J connectivity index is 1.70. The maximum Gasteiger partial charge on any atom is 0.167 e. The fourth-order valence-electron chi connectivity index (χ4n) is 6.43. The minimum absolute atomic E-state index is 0.0925. The summed E-state index contributed by atoms with van der Waals surface area (Å²) >= 11 is 0. The Bertz CT molecular complexity index is 539. The molecule has 0 radical (unpaired) electrons. The van der Waals surface area contributed by atoms with Crippen molar-refractivity contribution in [3.05, 3.63) is 11.6 Å². The van der Waals surface area contributed by atoms with Crippen LogP contribution in [-0.2, 0) is 4.79 Å². The number of allylic oxidation sites excluding steroid dienone is 1. The molecular formula is C19H28O3. The molecule has 3 saturated carbocycles. The third kappa shape index (κ3) is 1.78. The number of carbonyl (C=O) groups is 1. The lowest BCUT2D eigenvalue weighted by atomic mass is 9.48. The molecule has 0 aromatic heterocycles. The topological polar surface area (TPSA) is 57.5 Å². The first-order valence-corrected chi connectivity index (χ1v) is 8.96. The van der Waals surface area contributed by atoms with Crippen molar-refractivity contribution in [1.29, 1.82) is 0 Å². The molecule has 3 nitrogen and oxygen atoms in total. The van der Waals surface area contributed by atoms with Crippen molar-refractivity contribution in [1.82, 2.24) is 0 Å². The smallest absolute Gasteiger partial charge is 0.167 e. The van der Waals surface area contributed by atoms with Gasteiger partial charge in [0.15, 0.2) is 5.78 Å². The standard InChI is InChI=1S/C19H28O3/c1-18-7-5-12(20)9-11(18)3-4-13-14(18)6-8-19(2)15(13)10-16(21)17(19)22/h3,12-16,20-21H,4-10H2,1-2H3/t12?,13-,14+,15+,16?,18+,19+/m1/s1. The average Bonchev–Trinajstić information content (AvgIpc) is 2.72. The third-order valence-electron chi connectivity index (χ3n) is 7.81. The quantitative estimate of drug-likeness (QED) is 0.677. The van der Waals surface area contributed by atoms with Gasteiger partial charge in [-0.2, -0.15) is 0 Å². The first kappa shape index (κ1) is 14.9. The van der Waals surface area contributed by atoms with E-state index in [-0.39, 0.29) is 22.7 Å². The summed E-state index contributed by atoms with van der Waals surface area (Å²) in [6.45, 7) is 4.48. The molecule has 3 heteroatoms. The van der Waals surface area contributed by atoms with Crippen molar-refractivity contribution in [2.24, 2.45) is 28.6 Å². The summed E-state index contributed by atoms with van der Waals surface area (Å²) in [4.78, 5) is 12.4. The Kier molecular flexibility index (Phi) is 3.16. The van der Waals surface area contributed by atoms with E-state index in [1.165, 1.54) is 5.57 Å². The van der Waals surface area contributed by atoms with Gasteiger partial charge in [0.2, 0.25) is 0 Å². The second-order valence-corrected chi connectivity index (χ2v) is 8.73. The van der Waals surface area contributed by atoms with Crippen LogP contribution in [0.3, 0.4) is 0 Å². The van der Waals surface area contributed by atoms with Crippen LogP contribution < -0.4 is 0 Å². The van der Waals surface area contributed by atoms with Gasteiger partial charge in [-0.25, -0.2) is 0 Å². The van der Waals surface area contributed by atoms with Crippen molar-refractivity contribution < 1.29 is 15.0 Å². The minimum Gasteiger partial charge on any atom is -0.393 e. The number of hydrogen-bond donors (Lipinski definition) is 2. The Hall–Kier alpha value is -0.670. The number of hydrogen-bond acceptors (Lipinski definition) is 3. The van der Waals surface area contributed by atoms with Crippen LogP contribution >= 0.6 is 0 Å². The second-order valence-electron chi connectivity index (χ2n) is 8.73. The van der Waals surface area contributed by atoms with Gasteiger partial charge in [-0.15, -0.1) is 0 Å². The van der Waals surface area contributed by atoms with Crippen LogP contribution in [0.1, 0.15) is 58.8 Å². The van der Waals surface area contributed by atoms with Gasteiger partial charge in [-0.3, -0.25) is 4.79 Å². The van der Waals surface area contributed by atoms with E-state index in [2.05, 4.69) is 19.9 Å². The first-order valence-electron chi connectivity index (χ1n) is 8.96. The third-order valence-corrected chi connectivity index (χ3v) is 7.81. The van der Waals surface area contributed by atoms with Crippen LogP contribution in [0, 0.1) is 28.6 Å². The Morgan fingerprint density at radius 3 is 2.59 bits per heavy atom. The molecule has 0 heterocycles. The SMILES string of the molecule is C[C@]12CCC(O)CC1=CC[C@@H]1[C@@H]2CC[C@]2(C)C(=O)C(O)C[C@@H]12. The average molecular weight is 304 g/mol. The van der Waals surface area contributed by atoms with E-state index >= 15 is 0 Å². The first-order chi connectivity index (χ1) is 10.4. The van der Waals surface area contributed by atoms with E-state index in [4.69, 9.17) is 0 Å². The molecule has 4 rings (SSSR count). The van der Waals surface area contributed by atoms with E-state index in [1.807, 2.05) is 0 Å². The van der Waals surface area contributed by atoms with Gasteiger partial charge in [0.05, 0.1) is 6.10 Å². The molecule has 0 bridgehead atoms. The summed E-state index contributed by atoms with van der Waals surface area (Å²) in [7, 11) is 0. The van der Waals surface area contributed by atoms with Gasteiger partial charge in [0, 0.05) is 5.41 Å². The fraction of sp³-hybridized carbons (Fsp3) is 0.842. The minimum atomic E-state index is -0.736. The number of fused-ring (bicyclic) bond motifs is 5. The van der Waals surface area contributed by atoms with E-state index in [1.54, 1.807) is 0 Å². The summed E-state index contributed by atoms with van der Waals surface area (Å²) in [6, 6.07) is 0. The monoisotopic (exact) mass is 304 g/mol. The van der Waals surface area contributed by atoms with E-state index in [0.29, 0.717) is 24.2 Å². The summed E-state index contributed by atoms with van der Waals surface area (Å²) < 4.78 is 0. The molecule has 7 atom stereocenters. The van der Waals surface area contributed by atoms with Crippen molar-refractivity contribution in [2.45, 2.75) is 71.0 Å². The van der Waals surface area contributed by atoms with Gasteiger partial charge >= 0.3 is 0 Å². The highest BCUT2D eigenvalue weighted by Crippen LogP contribution is 2.63. The summed E-state index contributed by atoms with van der Waals surface area (Å²) in [5.41, 5.74) is 1.37. The van der Waals surface area contributed by atoms with Crippen molar-refractivity contribution in [3.8, 4) is 0 Å². The highest BCUT2D eigenvalue weighted by Gasteiger charge is 2.60. The second kappa shape index (κ2) is 4.67. The van der Waals surface area contributed by atoms with Crippen LogP contribution in [-0.4, -0.2) is 28.2 Å². The summed E-state index contributed by atoms with van der Waals surface area (Å²) in [5.74, 6) is 1.59. The molecule has 4 aliphatic rings. The van der Waals surface area contributed by atoms with Crippen molar-refractivity contribution in [3.63, 3.8) is 0 Å². The molecular weight excluding hydrogens is 276 g/mol. The molecule has 2 N–H and O–H groups in total. The molecule has 0 aromatic rings. The maximum atomic E-state index is 12.4. The van der Waals surface area contributed by atoms with Crippen LogP contribution in [0.25, 0.3) is 0 Å². The number of carbonyl (C=O) groups excluding carboxylic acids is 1. The van der Waals surface area contributed by atoms with Gasteiger partial charge in [0.25, 0.3) is 0 Å².